The van der Waals surface area contributed by atoms with Gasteiger partial charge < -0.3 is 25.2 Å². The van der Waals surface area contributed by atoms with Gasteiger partial charge in [-0.2, -0.15) is 0 Å². The van der Waals surface area contributed by atoms with E-state index in [9.17, 15) is 15.0 Å². The number of nitrogens with one attached hydrogen (secondary N) is 3. The Bertz CT molecular complexity index is 1190. The summed E-state index contributed by atoms with van der Waals surface area (Å²) in [7, 11) is 0. The number of aromatic nitrogens is 3. The van der Waals surface area contributed by atoms with Crippen LogP contribution in [0, 0.1) is 9.54 Å². The Balaban J connectivity index is 1.45. The molecular formula is C20H21N5O4S2. The Morgan fingerprint density at radius 2 is 1.97 bits per heavy atom. The van der Waals surface area contributed by atoms with Crippen molar-refractivity contribution in [3.8, 4) is 11.4 Å². The first-order valence-electron chi connectivity index (χ1n) is 9.59. The standard InChI is InChI=1S/C20H21N5O4S2/c26-14-6-7-24(10-14)17-5-4-15(9-16(17)18(27)28)29-11-21-12-2-1-3-13(8-12)25-19(30)22-23-20(25)31/h1-5,8-9,14,21,26H,6-7,10-11H2,(H,22,30)(H,23,31)(H,27,28). The van der Waals surface area contributed by atoms with Gasteiger partial charge >= 0.3 is 5.97 Å². The number of hydrogen-bond donors (Lipinski definition) is 5. The highest BCUT2D eigenvalue weighted by molar-refractivity contribution is 7.72. The summed E-state index contributed by atoms with van der Waals surface area (Å²) in [6.07, 6.45) is 0.188. The van der Waals surface area contributed by atoms with Crippen LogP contribution < -0.4 is 15.0 Å². The first-order chi connectivity index (χ1) is 14.9. The number of H-pyrrole nitrogens is 2. The number of hydrogen-bond acceptors (Lipinski definition) is 7. The van der Waals surface area contributed by atoms with E-state index >= 15 is 0 Å². The molecule has 31 heavy (non-hydrogen) atoms. The summed E-state index contributed by atoms with van der Waals surface area (Å²) in [5, 5.41) is 28.1. The Kier molecular flexibility index (Phi) is 6.07. The van der Waals surface area contributed by atoms with Gasteiger partial charge in [-0.1, -0.05) is 6.07 Å². The third-order valence-corrected chi connectivity index (χ3v) is 5.57. The molecule has 1 atom stereocenters. The first kappa shape index (κ1) is 21.1. The number of anilines is 2. The normalized spacial score (nSPS) is 15.8. The van der Waals surface area contributed by atoms with Gasteiger partial charge in [-0.3, -0.25) is 14.8 Å². The topological polar surface area (TPSA) is 119 Å². The van der Waals surface area contributed by atoms with Crippen LogP contribution in [0.4, 0.5) is 11.4 Å². The molecule has 11 heteroatoms. The van der Waals surface area contributed by atoms with Crippen molar-refractivity contribution in [2.24, 2.45) is 0 Å². The first-order valence-corrected chi connectivity index (χ1v) is 10.4. The lowest BCUT2D eigenvalue weighted by molar-refractivity contribution is 0.0697. The summed E-state index contributed by atoms with van der Waals surface area (Å²) in [4.78, 5) is 13.6. The van der Waals surface area contributed by atoms with Crippen LogP contribution in [-0.4, -0.2) is 56.9 Å². The van der Waals surface area contributed by atoms with Crippen molar-refractivity contribution in [2.45, 2.75) is 12.5 Å². The lowest BCUT2D eigenvalue weighted by atomic mass is 10.1. The molecule has 4 rings (SSSR count). The quantitative estimate of drug-likeness (QED) is 0.270. The van der Waals surface area contributed by atoms with Crippen LogP contribution >= 0.6 is 24.4 Å². The predicted molar refractivity (Wildman–Crippen MR) is 121 cm³/mol. The van der Waals surface area contributed by atoms with Gasteiger partial charge in [0.25, 0.3) is 0 Å². The summed E-state index contributed by atoms with van der Waals surface area (Å²) in [5.74, 6) is -0.609. The van der Waals surface area contributed by atoms with Gasteiger partial charge in [-0.25, -0.2) is 4.79 Å². The van der Waals surface area contributed by atoms with Gasteiger partial charge in [0, 0.05) is 18.8 Å². The van der Waals surface area contributed by atoms with Gasteiger partial charge in [-0.15, -0.1) is 0 Å². The van der Waals surface area contributed by atoms with E-state index in [1.54, 1.807) is 16.7 Å². The number of benzene rings is 2. The molecule has 1 aromatic heterocycles. The number of carboxylic acid groups (broad SMARTS) is 1. The van der Waals surface area contributed by atoms with Gasteiger partial charge in [0.15, 0.2) is 16.3 Å². The highest BCUT2D eigenvalue weighted by atomic mass is 32.1. The summed E-state index contributed by atoms with van der Waals surface area (Å²) >= 11 is 10.5. The van der Waals surface area contributed by atoms with Crippen molar-refractivity contribution in [1.82, 2.24) is 14.8 Å². The summed E-state index contributed by atoms with van der Waals surface area (Å²) in [5.41, 5.74) is 2.31. The fraction of sp³-hybridized carbons (Fsp3) is 0.250. The molecule has 0 aliphatic carbocycles. The molecule has 0 spiro atoms. The maximum absolute atomic E-state index is 11.7. The van der Waals surface area contributed by atoms with Crippen LogP contribution in [0.5, 0.6) is 5.75 Å². The summed E-state index contributed by atoms with van der Waals surface area (Å²) in [6, 6.07) is 12.4. The summed E-state index contributed by atoms with van der Waals surface area (Å²) in [6.45, 7) is 1.18. The van der Waals surface area contributed by atoms with E-state index in [4.69, 9.17) is 29.2 Å². The van der Waals surface area contributed by atoms with Crippen LogP contribution in [0.25, 0.3) is 5.69 Å². The maximum atomic E-state index is 11.7. The van der Waals surface area contributed by atoms with Crippen LogP contribution in [0.3, 0.4) is 0 Å². The van der Waals surface area contributed by atoms with Crippen LogP contribution in [0.2, 0.25) is 0 Å². The minimum absolute atomic E-state index is 0.135. The molecule has 3 aromatic rings. The number of ether oxygens (including phenoxy) is 1. The van der Waals surface area contributed by atoms with Crippen molar-refractivity contribution in [2.75, 3.05) is 30.0 Å². The van der Waals surface area contributed by atoms with Gasteiger partial charge in [0.05, 0.1) is 23.0 Å². The lowest BCUT2D eigenvalue weighted by Crippen LogP contribution is -2.23. The molecule has 1 aliphatic heterocycles. The Morgan fingerprint density at radius 3 is 2.65 bits per heavy atom. The molecule has 1 saturated heterocycles. The highest BCUT2D eigenvalue weighted by Gasteiger charge is 2.24. The average Bonchev–Trinajstić information content (AvgIpc) is 3.33. The van der Waals surface area contributed by atoms with E-state index in [-0.39, 0.29) is 12.3 Å². The second kappa shape index (κ2) is 8.92. The largest absolute Gasteiger partial charge is 0.478 e. The number of carboxylic acids is 1. The maximum Gasteiger partial charge on any atom is 0.337 e. The average molecular weight is 460 g/mol. The van der Waals surface area contributed by atoms with Crippen molar-refractivity contribution >= 4 is 41.8 Å². The number of rotatable bonds is 7. The number of carbonyl (C=O) groups is 1. The van der Waals surface area contributed by atoms with E-state index in [1.165, 1.54) is 6.07 Å². The number of aliphatic hydroxyl groups excluding tert-OH is 1. The van der Waals surface area contributed by atoms with E-state index in [0.29, 0.717) is 40.5 Å². The molecule has 1 unspecified atom stereocenters. The molecule has 0 amide bonds. The fourth-order valence-corrected chi connectivity index (χ4v) is 4.07. The number of aromatic carboxylic acids is 1. The van der Waals surface area contributed by atoms with E-state index in [1.807, 2.05) is 29.2 Å². The smallest absolute Gasteiger partial charge is 0.337 e. The van der Waals surface area contributed by atoms with Crippen LogP contribution in [0.1, 0.15) is 16.8 Å². The zero-order chi connectivity index (χ0) is 22.0. The van der Waals surface area contributed by atoms with Gasteiger partial charge in [0.2, 0.25) is 0 Å². The molecule has 2 aromatic carbocycles. The summed E-state index contributed by atoms with van der Waals surface area (Å²) < 4.78 is 8.34. The SMILES string of the molecule is O=C(O)c1cc(OCNc2cccc(-n3c(=S)[nH][nH]c3=S)c2)ccc1N1CCC(O)C1. The van der Waals surface area contributed by atoms with Gasteiger partial charge in [-0.05, 0) is 67.3 Å². The van der Waals surface area contributed by atoms with E-state index in [0.717, 1.165) is 11.4 Å². The third-order valence-electron chi connectivity index (χ3n) is 5.00. The highest BCUT2D eigenvalue weighted by Crippen LogP contribution is 2.28. The minimum atomic E-state index is -1.04. The number of nitrogens with zero attached hydrogens (tertiary/aromatic N) is 2. The lowest BCUT2D eigenvalue weighted by Gasteiger charge is -2.20. The Labute approximate surface area is 187 Å². The molecule has 0 saturated carbocycles. The van der Waals surface area contributed by atoms with E-state index < -0.39 is 12.1 Å². The zero-order valence-electron chi connectivity index (χ0n) is 16.4. The van der Waals surface area contributed by atoms with E-state index in [2.05, 4.69) is 15.5 Å². The molecule has 0 radical (unpaired) electrons. The fourth-order valence-electron chi connectivity index (χ4n) is 3.52. The predicted octanol–water partition coefficient (Wildman–Crippen LogP) is 3.31. The van der Waals surface area contributed by atoms with Crippen molar-refractivity contribution < 1.29 is 19.7 Å². The number of β-amino-alcohol motifs (C(OH)–C–C–N with tert-alkyl or cyclic N) is 1. The Hall–Kier alpha value is -3.15. The van der Waals surface area contributed by atoms with Crippen molar-refractivity contribution in [1.29, 1.82) is 0 Å². The Morgan fingerprint density at radius 1 is 1.19 bits per heavy atom. The molecular weight excluding hydrogens is 438 g/mol. The van der Waals surface area contributed by atoms with Crippen LogP contribution in [0.15, 0.2) is 42.5 Å². The van der Waals surface area contributed by atoms with Crippen LogP contribution in [-0.2, 0) is 0 Å². The molecule has 2 heterocycles. The minimum Gasteiger partial charge on any atom is -0.478 e. The van der Waals surface area contributed by atoms with Crippen molar-refractivity contribution in [3.63, 3.8) is 0 Å². The molecule has 9 nitrogen and oxygen atoms in total. The molecule has 162 valence electrons. The molecule has 0 bridgehead atoms. The second-order valence-corrected chi connectivity index (χ2v) is 7.86. The van der Waals surface area contributed by atoms with Crippen molar-refractivity contribution in [3.05, 3.63) is 57.6 Å². The molecule has 1 fully saturated rings. The molecule has 1 aliphatic rings. The second-order valence-electron chi connectivity index (χ2n) is 7.08. The monoisotopic (exact) mass is 459 g/mol. The zero-order valence-corrected chi connectivity index (χ0v) is 18.0. The number of aromatic amines is 2. The number of aliphatic hydroxyl groups is 1. The molecule has 5 N–H and O–H groups in total. The van der Waals surface area contributed by atoms with Gasteiger partial charge in [0.1, 0.15) is 5.75 Å². The third kappa shape index (κ3) is 4.63.